The van der Waals surface area contributed by atoms with Crippen LogP contribution in [-0.2, 0) is 9.53 Å². The second kappa shape index (κ2) is 8.73. The maximum absolute atomic E-state index is 12.7. The highest BCUT2D eigenvalue weighted by Gasteiger charge is 2.22. The lowest BCUT2D eigenvalue weighted by molar-refractivity contribution is -0.135. The van der Waals surface area contributed by atoms with Crippen LogP contribution in [0.4, 0.5) is 0 Å². The summed E-state index contributed by atoms with van der Waals surface area (Å²) >= 11 is 0. The minimum atomic E-state index is -0.175. The van der Waals surface area contributed by atoms with Crippen LogP contribution in [0, 0.1) is 12.8 Å². The molecule has 1 aliphatic heterocycles. The Balaban J connectivity index is 1.98. The monoisotopic (exact) mass is 334 g/mol. The third-order valence-electron chi connectivity index (χ3n) is 3.83. The van der Waals surface area contributed by atoms with Crippen molar-refractivity contribution in [1.29, 1.82) is 0 Å². The number of amides is 2. The largest absolute Gasteiger partial charge is 0.378 e. The van der Waals surface area contributed by atoms with E-state index in [1.165, 1.54) is 6.20 Å². The fourth-order valence-corrected chi connectivity index (χ4v) is 2.58. The number of carbonyl (C=O) groups excluding carboxylic acids is 2. The molecule has 0 aliphatic carbocycles. The van der Waals surface area contributed by atoms with E-state index < -0.39 is 0 Å². The molecule has 1 saturated heterocycles. The van der Waals surface area contributed by atoms with Gasteiger partial charge in [-0.05, 0) is 12.8 Å². The molecule has 0 atom stereocenters. The SMILES string of the molecule is Cc1cnc(C(=O)N(CCC(=O)N2CCOCC2)CC(C)C)cn1. The van der Waals surface area contributed by atoms with E-state index in [9.17, 15) is 9.59 Å². The van der Waals surface area contributed by atoms with E-state index in [1.807, 2.05) is 20.8 Å². The van der Waals surface area contributed by atoms with E-state index in [1.54, 1.807) is 16.0 Å². The maximum atomic E-state index is 12.7. The average Bonchev–Trinajstić information content (AvgIpc) is 2.59. The first-order chi connectivity index (χ1) is 11.5. The second-order valence-corrected chi connectivity index (χ2v) is 6.43. The van der Waals surface area contributed by atoms with Gasteiger partial charge in [0.1, 0.15) is 5.69 Å². The minimum Gasteiger partial charge on any atom is -0.378 e. The third kappa shape index (κ3) is 5.26. The van der Waals surface area contributed by atoms with Gasteiger partial charge in [-0.2, -0.15) is 0 Å². The topological polar surface area (TPSA) is 75.6 Å². The predicted octanol–water partition coefficient (Wildman–Crippen LogP) is 1.13. The first-order valence-corrected chi connectivity index (χ1v) is 8.41. The molecule has 1 aromatic heterocycles. The van der Waals surface area contributed by atoms with Crippen LogP contribution < -0.4 is 0 Å². The fraction of sp³-hybridized carbons (Fsp3) is 0.647. The Hall–Kier alpha value is -2.02. The van der Waals surface area contributed by atoms with E-state index in [2.05, 4.69) is 9.97 Å². The molecule has 7 nitrogen and oxygen atoms in total. The summed E-state index contributed by atoms with van der Waals surface area (Å²) in [5.41, 5.74) is 1.09. The Labute approximate surface area is 143 Å². The molecule has 7 heteroatoms. The predicted molar refractivity (Wildman–Crippen MR) is 89.5 cm³/mol. The summed E-state index contributed by atoms with van der Waals surface area (Å²) < 4.78 is 5.26. The summed E-state index contributed by atoms with van der Waals surface area (Å²) in [6.45, 7) is 9.32. The lowest BCUT2D eigenvalue weighted by Crippen LogP contribution is -2.43. The van der Waals surface area contributed by atoms with Crippen LogP contribution in [-0.4, -0.2) is 71.0 Å². The normalized spacial score (nSPS) is 14.8. The van der Waals surface area contributed by atoms with Crippen molar-refractivity contribution in [2.45, 2.75) is 27.2 Å². The van der Waals surface area contributed by atoms with Gasteiger partial charge in [-0.15, -0.1) is 0 Å². The quantitative estimate of drug-likeness (QED) is 0.779. The molecule has 24 heavy (non-hydrogen) atoms. The Bertz CT molecular complexity index is 553. The molecule has 0 N–H and O–H groups in total. The summed E-state index contributed by atoms with van der Waals surface area (Å²) in [5, 5.41) is 0. The highest BCUT2D eigenvalue weighted by Crippen LogP contribution is 2.08. The van der Waals surface area contributed by atoms with Crippen molar-refractivity contribution < 1.29 is 14.3 Å². The molecule has 132 valence electrons. The fourth-order valence-electron chi connectivity index (χ4n) is 2.58. The van der Waals surface area contributed by atoms with Crippen molar-refractivity contribution in [3.8, 4) is 0 Å². The Morgan fingerprint density at radius 2 is 1.96 bits per heavy atom. The number of rotatable bonds is 6. The van der Waals surface area contributed by atoms with Crippen molar-refractivity contribution in [1.82, 2.24) is 19.8 Å². The van der Waals surface area contributed by atoms with Crippen LogP contribution >= 0.6 is 0 Å². The van der Waals surface area contributed by atoms with Crippen molar-refractivity contribution in [3.63, 3.8) is 0 Å². The van der Waals surface area contributed by atoms with Crippen molar-refractivity contribution in [2.24, 2.45) is 5.92 Å². The van der Waals surface area contributed by atoms with Gasteiger partial charge in [0.2, 0.25) is 5.91 Å². The van der Waals surface area contributed by atoms with E-state index in [0.717, 1.165) is 5.69 Å². The molecule has 1 aromatic rings. The summed E-state index contributed by atoms with van der Waals surface area (Å²) in [5.74, 6) is 0.201. The van der Waals surface area contributed by atoms with Gasteiger partial charge in [0, 0.05) is 38.8 Å². The van der Waals surface area contributed by atoms with Crippen molar-refractivity contribution in [3.05, 3.63) is 23.8 Å². The van der Waals surface area contributed by atoms with E-state index >= 15 is 0 Å². The van der Waals surface area contributed by atoms with E-state index in [-0.39, 0.29) is 11.8 Å². The maximum Gasteiger partial charge on any atom is 0.274 e. The smallest absolute Gasteiger partial charge is 0.274 e. The van der Waals surface area contributed by atoms with Gasteiger partial charge in [-0.25, -0.2) is 4.98 Å². The zero-order valence-corrected chi connectivity index (χ0v) is 14.7. The van der Waals surface area contributed by atoms with E-state index in [0.29, 0.717) is 57.4 Å². The third-order valence-corrected chi connectivity index (χ3v) is 3.83. The molecule has 2 rings (SSSR count). The van der Waals surface area contributed by atoms with Gasteiger partial charge >= 0.3 is 0 Å². The molecule has 2 amide bonds. The molecule has 1 fully saturated rings. The summed E-state index contributed by atoms with van der Waals surface area (Å²) in [7, 11) is 0. The highest BCUT2D eigenvalue weighted by atomic mass is 16.5. The second-order valence-electron chi connectivity index (χ2n) is 6.43. The molecular weight excluding hydrogens is 308 g/mol. The van der Waals surface area contributed by atoms with Gasteiger partial charge in [-0.3, -0.25) is 14.6 Å². The first-order valence-electron chi connectivity index (χ1n) is 8.41. The van der Waals surface area contributed by atoms with Gasteiger partial charge in [0.15, 0.2) is 0 Å². The van der Waals surface area contributed by atoms with Crippen LogP contribution in [0.5, 0.6) is 0 Å². The molecule has 2 heterocycles. The molecular formula is C17H26N4O3. The van der Waals surface area contributed by atoms with Crippen molar-refractivity contribution >= 4 is 11.8 Å². The number of nitrogens with zero attached hydrogens (tertiary/aromatic N) is 4. The Kier molecular flexibility index (Phi) is 6.66. The number of carbonyl (C=O) groups is 2. The van der Waals surface area contributed by atoms with Crippen LogP contribution in [0.15, 0.2) is 12.4 Å². The van der Waals surface area contributed by atoms with Crippen LogP contribution in [0.1, 0.15) is 36.5 Å². The molecule has 1 aliphatic rings. The average molecular weight is 334 g/mol. The highest BCUT2D eigenvalue weighted by molar-refractivity contribution is 5.92. The standard InChI is InChI=1S/C17H26N4O3/c1-13(2)12-21(17(23)15-11-18-14(3)10-19-15)5-4-16(22)20-6-8-24-9-7-20/h10-11,13H,4-9,12H2,1-3H3. The van der Waals surface area contributed by atoms with Gasteiger partial charge in [0.05, 0.1) is 25.1 Å². The number of hydrogen-bond donors (Lipinski definition) is 0. The number of hydrogen-bond acceptors (Lipinski definition) is 5. The Morgan fingerprint density at radius 3 is 2.54 bits per heavy atom. The lowest BCUT2D eigenvalue weighted by atomic mass is 10.2. The van der Waals surface area contributed by atoms with E-state index in [4.69, 9.17) is 4.74 Å². The first kappa shape index (κ1) is 18.3. The summed E-state index contributed by atoms with van der Waals surface area (Å²) in [6, 6.07) is 0. The zero-order chi connectivity index (χ0) is 17.5. The van der Waals surface area contributed by atoms with Crippen LogP contribution in [0.25, 0.3) is 0 Å². The molecule has 0 aromatic carbocycles. The van der Waals surface area contributed by atoms with Crippen LogP contribution in [0.2, 0.25) is 0 Å². The summed E-state index contributed by atoms with van der Waals surface area (Å²) in [6.07, 6.45) is 3.40. The number of morpholine rings is 1. The molecule has 0 saturated carbocycles. The number of ether oxygens (including phenoxy) is 1. The van der Waals surface area contributed by atoms with Crippen LogP contribution in [0.3, 0.4) is 0 Å². The molecule has 0 unspecified atom stereocenters. The number of aryl methyl sites for hydroxylation is 1. The van der Waals surface area contributed by atoms with Gasteiger partial charge in [-0.1, -0.05) is 13.8 Å². The van der Waals surface area contributed by atoms with Crippen molar-refractivity contribution in [2.75, 3.05) is 39.4 Å². The number of aromatic nitrogens is 2. The lowest BCUT2D eigenvalue weighted by Gasteiger charge is -2.29. The minimum absolute atomic E-state index is 0.0647. The molecule has 0 bridgehead atoms. The summed E-state index contributed by atoms with van der Waals surface area (Å²) in [4.78, 5) is 36.7. The molecule has 0 spiro atoms. The van der Waals surface area contributed by atoms with Gasteiger partial charge in [0.25, 0.3) is 5.91 Å². The molecule has 0 radical (unpaired) electrons. The zero-order valence-electron chi connectivity index (χ0n) is 14.7. The van der Waals surface area contributed by atoms with Gasteiger partial charge < -0.3 is 14.5 Å². The Morgan fingerprint density at radius 1 is 1.25 bits per heavy atom.